The maximum atomic E-state index is 10.8. The Balaban J connectivity index is 2.28. The number of aromatic carboxylic acids is 1. The molecule has 0 atom stereocenters. The summed E-state index contributed by atoms with van der Waals surface area (Å²) in [5.41, 5.74) is 1.06. The van der Waals surface area contributed by atoms with Crippen molar-refractivity contribution in [3.8, 4) is 0 Å². The van der Waals surface area contributed by atoms with Crippen LogP contribution < -0.4 is 5.32 Å². The summed E-state index contributed by atoms with van der Waals surface area (Å²) < 4.78 is 0. The molecule has 0 fully saturated rings. The first-order valence-corrected chi connectivity index (χ1v) is 6.01. The van der Waals surface area contributed by atoms with Gasteiger partial charge in [-0.2, -0.15) is 0 Å². The number of hydrogen-bond acceptors (Lipinski definition) is 4. The predicted octanol–water partition coefficient (Wildman–Crippen LogP) is 3.53. The van der Waals surface area contributed by atoms with Gasteiger partial charge in [0.1, 0.15) is 0 Å². The van der Waals surface area contributed by atoms with Gasteiger partial charge in [0.05, 0.1) is 11.3 Å². The Hall–Kier alpha value is -1.85. The zero-order chi connectivity index (χ0) is 14.0. The highest BCUT2D eigenvalue weighted by Crippen LogP contribution is 2.24. The summed E-state index contributed by atoms with van der Waals surface area (Å²) in [7, 11) is 0. The lowest BCUT2D eigenvalue weighted by Crippen LogP contribution is -2.06. The molecule has 1 heterocycles. The minimum absolute atomic E-state index is 0.0645. The molecule has 0 aliphatic heterocycles. The molecule has 0 saturated heterocycles. The first-order valence-electron chi connectivity index (χ1n) is 5.26. The summed E-state index contributed by atoms with van der Waals surface area (Å²) in [6, 6.07) is 4.93. The topological polar surface area (TPSA) is 75.1 Å². The van der Waals surface area contributed by atoms with Gasteiger partial charge in [0.15, 0.2) is 0 Å². The number of nitrogens with zero attached hydrogens (tertiary/aromatic N) is 2. The lowest BCUT2D eigenvalue weighted by molar-refractivity contribution is 0.0695. The van der Waals surface area contributed by atoms with Crippen LogP contribution in [0.5, 0.6) is 0 Å². The van der Waals surface area contributed by atoms with E-state index in [9.17, 15) is 4.79 Å². The summed E-state index contributed by atoms with van der Waals surface area (Å²) in [6.07, 6.45) is 1.25. The number of carbonyl (C=O) groups is 1. The monoisotopic (exact) mass is 297 g/mol. The molecule has 1 aromatic carbocycles. The number of aromatic nitrogens is 2. The lowest BCUT2D eigenvalue weighted by atomic mass is 10.2. The van der Waals surface area contributed by atoms with E-state index in [1.54, 1.807) is 25.1 Å². The Bertz CT molecular complexity index is 627. The maximum Gasteiger partial charge on any atom is 0.339 e. The van der Waals surface area contributed by atoms with Crippen LogP contribution >= 0.6 is 23.2 Å². The Morgan fingerprint density at radius 1 is 1.26 bits per heavy atom. The molecule has 0 aliphatic rings. The quantitative estimate of drug-likeness (QED) is 0.906. The van der Waals surface area contributed by atoms with E-state index in [4.69, 9.17) is 28.3 Å². The fourth-order valence-electron chi connectivity index (χ4n) is 1.49. The second kappa shape index (κ2) is 5.42. The Kier molecular flexibility index (Phi) is 3.87. The Labute approximate surface area is 119 Å². The highest BCUT2D eigenvalue weighted by molar-refractivity contribution is 6.35. The van der Waals surface area contributed by atoms with Gasteiger partial charge in [0, 0.05) is 21.9 Å². The first kappa shape index (κ1) is 13.6. The third-order valence-corrected chi connectivity index (χ3v) is 2.76. The molecular formula is C12H9Cl2N3O2. The number of carboxylic acids is 1. The van der Waals surface area contributed by atoms with Crippen molar-refractivity contribution in [3.63, 3.8) is 0 Å². The zero-order valence-electron chi connectivity index (χ0n) is 9.82. The molecule has 2 N–H and O–H groups in total. The summed E-state index contributed by atoms with van der Waals surface area (Å²) in [4.78, 5) is 18.8. The van der Waals surface area contributed by atoms with Gasteiger partial charge in [-0.1, -0.05) is 23.2 Å². The van der Waals surface area contributed by atoms with Crippen molar-refractivity contribution >= 4 is 40.8 Å². The molecule has 2 rings (SSSR count). The minimum atomic E-state index is -1.06. The third-order valence-electron chi connectivity index (χ3n) is 2.33. The number of benzene rings is 1. The lowest BCUT2D eigenvalue weighted by Gasteiger charge is -2.07. The summed E-state index contributed by atoms with van der Waals surface area (Å²) in [5, 5.41) is 12.8. The van der Waals surface area contributed by atoms with Crippen LogP contribution in [-0.4, -0.2) is 21.0 Å². The molecule has 5 nitrogen and oxygen atoms in total. The molecule has 0 bridgehead atoms. The highest BCUT2D eigenvalue weighted by Gasteiger charge is 2.10. The van der Waals surface area contributed by atoms with E-state index in [1.165, 1.54) is 6.20 Å². The fraction of sp³-hybridized carbons (Fsp3) is 0.0833. The van der Waals surface area contributed by atoms with E-state index in [0.29, 0.717) is 21.4 Å². The van der Waals surface area contributed by atoms with E-state index >= 15 is 0 Å². The van der Waals surface area contributed by atoms with Gasteiger partial charge in [-0.05, 0) is 25.1 Å². The molecule has 1 aromatic heterocycles. The van der Waals surface area contributed by atoms with Crippen molar-refractivity contribution in [1.82, 2.24) is 9.97 Å². The van der Waals surface area contributed by atoms with Crippen molar-refractivity contribution in [2.75, 3.05) is 5.32 Å². The van der Waals surface area contributed by atoms with E-state index in [1.807, 2.05) is 0 Å². The largest absolute Gasteiger partial charge is 0.478 e. The molecule has 98 valence electrons. The van der Waals surface area contributed by atoms with Gasteiger partial charge in [0.25, 0.3) is 0 Å². The van der Waals surface area contributed by atoms with Crippen LogP contribution in [0.4, 0.5) is 11.6 Å². The van der Waals surface area contributed by atoms with E-state index in [0.717, 1.165) is 0 Å². The number of carboxylic acid groups (broad SMARTS) is 1. The summed E-state index contributed by atoms with van der Waals surface area (Å²) in [6.45, 7) is 1.60. The van der Waals surface area contributed by atoms with Crippen molar-refractivity contribution < 1.29 is 9.90 Å². The second-order valence-electron chi connectivity index (χ2n) is 3.78. The molecule has 0 unspecified atom stereocenters. The molecule has 0 radical (unpaired) electrons. The molecule has 0 aliphatic carbocycles. The van der Waals surface area contributed by atoms with Crippen LogP contribution in [0.2, 0.25) is 10.0 Å². The van der Waals surface area contributed by atoms with Crippen molar-refractivity contribution in [3.05, 3.63) is 45.7 Å². The Morgan fingerprint density at radius 2 is 1.89 bits per heavy atom. The van der Waals surface area contributed by atoms with Crippen LogP contribution in [-0.2, 0) is 0 Å². The average Bonchev–Trinajstić information content (AvgIpc) is 2.26. The molecule has 0 spiro atoms. The van der Waals surface area contributed by atoms with Gasteiger partial charge in [-0.15, -0.1) is 0 Å². The predicted molar refractivity (Wildman–Crippen MR) is 73.5 cm³/mol. The van der Waals surface area contributed by atoms with E-state index < -0.39 is 5.97 Å². The van der Waals surface area contributed by atoms with Crippen LogP contribution in [0.1, 0.15) is 16.1 Å². The fourth-order valence-corrected chi connectivity index (χ4v) is 2.02. The van der Waals surface area contributed by atoms with Crippen LogP contribution in [0.3, 0.4) is 0 Å². The molecule has 0 amide bonds. The maximum absolute atomic E-state index is 10.8. The van der Waals surface area contributed by atoms with Gasteiger partial charge in [-0.3, -0.25) is 0 Å². The SMILES string of the molecule is Cc1nc(Nc2cc(Cl)cc(Cl)c2)ncc1C(=O)O. The standard InChI is InChI=1S/C12H9Cl2N3O2/c1-6-10(11(18)19)5-15-12(16-6)17-9-3-7(13)2-8(14)4-9/h2-5H,1H3,(H,18,19)(H,15,16,17). The van der Waals surface area contributed by atoms with Crippen LogP contribution in [0.15, 0.2) is 24.4 Å². The average molecular weight is 298 g/mol. The van der Waals surface area contributed by atoms with Gasteiger partial charge in [0.2, 0.25) is 5.95 Å². The highest BCUT2D eigenvalue weighted by atomic mass is 35.5. The molecule has 2 aromatic rings. The zero-order valence-corrected chi connectivity index (χ0v) is 11.3. The number of anilines is 2. The molecule has 19 heavy (non-hydrogen) atoms. The molecule has 0 saturated carbocycles. The summed E-state index contributed by atoms with van der Waals surface area (Å²) >= 11 is 11.7. The van der Waals surface area contributed by atoms with Crippen molar-refractivity contribution in [2.24, 2.45) is 0 Å². The third kappa shape index (κ3) is 3.33. The van der Waals surface area contributed by atoms with Crippen LogP contribution in [0.25, 0.3) is 0 Å². The number of nitrogens with one attached hydrogen (secondary N) is 1. The first-order chi connectivity index (χ1) is 8.95. The van der Waals surface area contributed by atoms with E-state index in [-0.39, 0.29) is 11.5 Å². The van der Waals surface area contributed by atoms with Gasteiger partial charge >= 0.3 is 5.97 Å². The number of hydrogen-bond donors (Lipinski definition) is 2. The molecular weight excluding hydrogens is 289 g/mol. The van der Waals surface area contributed by atoms with Crippen LogP contribution in [0, 0.1) is 6.92 Å². The van der Waals surface area contributed by atoms with Crippen molar-refractivity contribution in [2.45, 2.75) is 6.92 Å². The Morgan fingerprint density at radius 3 is 2.42 bits per heavy atom. The minimum Gasteiger partial charge on any atom is -0.478 e. The molecule has 7 heteroatoms. The van der Waals surface area contributed by atoms with E-state index in [2.05, 4.69) is 15.3 Å². The number of rotatable bonds is 3. The second-order valence-corrected chi connectivity index (χ2v) is 4.65. The number of halogens is 2. The summed E-state index contributed by atoms with van der Waals surface area (Å²) in [5.74, 6) is -0.782. The normalized spacial score (nSPS) is 10.3. The van der Waals surface area contributed by atoms with Gasteiger partial charge < -0.3 is 10.4 Å². The number of aryl methyl sites for hydroxylation is 1. The van der Waals surface area contributed by atoms with Crippen molar-refractivity contribution in [1.29, 1.82) is 0 Å². The smallest absolute Gasteiger partial charge is 0.339 e. The van der Waals surface area contributed by atoms with Gasteiger partial charge in [-0.25, -0.2) is 14.8 Å².